The molecule has 1 aromatic rings. The van der Waals surface area contributed by atoms with Gasteiger partial charge in [-0.25, -0.2) is 0 Å². The van der Waals surface area contributed by atoms with Gasteiger partial charge in [0.25, 0.3) is 0 Å². The van der Waals surface area contributed by atoms with Gasteiger partial charge in [0, 0.05) is 24.2 Å². The van der Waals surface area contributed by atoms with E-state index in [4.69, 9.17) is 10.2 Å². The van der Waals surface area contributed by atoms with Gasteiger partial charge in [0.05, 0.1) is 22.3 Å². The molecule has 0 saturated heterocycles. The largest absolute Gasteiger partial charge is 0.481 e. The van der Waals surface area contributed by atoms with Crippen molar-refractivity contribution >= 4 is 59.2 Å². The summed E-state index contributed by atoms with van der Waals surface area (Å²) in [5.74, 6) is -4.83. The third-order valence-corrected chi connectivity index (χ3v) is 5.66. The topological polar surface area (TPSA) is 182 Å². The molecule has 0 aromatic heterocycles. The van der Waals surface area contributed by atoms with Gasteiger partial charge in [-0.1, -0.05) is 19.1 Å². The third kappa shape index (κ3) is 10.5. The summed E-state index contributed by atoms with van der Waals surface area (Å²) < 4.78 is 9.22. The minimum Gasteiger partial charge on any atom is -0.481 e. The fraction of sp³-hybridized carbons (Fsp3) is 0.421. The molecule has 2 unspecified atom stereocenters. The normalized spacial score (nSPS) is 12.3. The molecule has 0 fully saturated rings. The summed E-state index contributed by atoms with van der Waals surface area (Å²) in [4.78, 5) is 58.5. The molecule has 0 aliphatic rings. The second kappa shape index (κ2) is 14.3. The molecule has 0 aliphatic carbocycles. The smallest absolute Gasteiger partial charge is 0.322 e. The maximum atomic E-state index is 12.3. The van der Waals surface area contributed by atoms with Crippen molar-refractivity contribution in [2.45, 2.75) is 30.7 Å². The number of amides is 3. The van der Waals surface area contributed by atoms with E-state index in [9.17, 15) is 28.5 Å². The highest BCUT2D eigenvalue weighted by molar-refractivity contribution is 8.00. The Labute approximate surface area is 192 Å². The number of nitrogens with one attached hydrogen (secondary N) is 3. The van der Waals surface area contributed by atoms with Gasteiger partial charge < -0.3 is 30.7 Å². The summed E-state index contributed by atoms with van der Waals surface area (Å²) in [5.41, 5.74) is 0.419. The van der Waals surface area contributed by atoms with Crippen LogP contribution in [0.1, 0.15) is 19.8 Å². The van der Waals surface area contributed by atoms with Crippen molar-refractivity contribution < 1.29 is 38.7 Å². The van der Waals surface area contributed by atoms with Gasteiger partial charge in [0.2, 0.25) is 17.7 Å². The molecule has 11 nitrogen and oxygen atoms in total. The number of hydrogen-bond donors (Lipinski definition) is 6. The Balaban J connectivity index is 2.63. The number of benzene rings is 1. The molecule has 0 bridgehead atoms. The zero-order valence-corrected chi connectivity index (χ0v) is 18.8. The summed E-state index contributed by atoms with van der Waals surface area (Å²) in [6.07, 6.45) is -0.0562. The number of aliphatic carboxylic acids is 2. The lowest BCUT2D eigenvalue weighted by Gasteiger charge is -2.18. The predicted molar refractivity (Wildman–Crippen MR) is 119 cm³/mol. The molecular formula is C19H25N3O8S2. The Bertz CT molecular complexity index is 837. The molecule has 0 spiro atoms. The van der Waals surface area contributed by atoms with Crippen molar-refractivity contribution in [2.75, 3.05) is 23.4 Å². The molecule has 1 aromatic carbocycles. The van der Waals surface area contributed by atoms with Gasteiger partial charge in [0.15, 0.2) is 0 Å². The Morgan fingerprint density at radius 3 is 2.38 bits per heavy atom. The molecule has 176 valence electrons. The molecule has 0 aliphatic heterocycles. The number of anilines is 1. The van der Waals surface area contributed by atoms with E-state index in [-0.39, 0.29) is 24.3 Å². The van der Waals surface area contributed by atoms with Crippen LogP contribution in [0.4, 0.5) is 5.69 Å². The number of carboxylic acid groups (broad SMARTS) is 2. The number of rotatable bonds is 14. The van der Waals surface area contributed by atoms with E-state index in [1.54, 1.807) is 24.3 Å². The van der Waals surface area contributed by atoms with E-state index < -0.39 is 48.2 Å². The molecule has 0 radical (unpaired) electrons. The van der Waals surface area contributed by atoms with Crippen LogP contribution in [0, 0.1) is 5.92 Å². The molecule has 3 amide bonds. The highest BCUT2D eigenvalue weighted by Gasteiger charge is 2.23. The first kappa shape index (κ1) is 27.3. The Hall–Kier alpha value is -2.77. The number of para-hydroxylation sites is 1. The maximum absolute atomic E-state index is 12.3. The minimum absolute atomic E-state index is 0.0184. The lowest BCUT2D eigenvalue weighted by molar-refractivity contribution is -0.141. The highest BCUT2D eigenvalue weighted by Crippen LogP contribution is 2.24. The molecule has 32 heavy (non-hydrogen) atoms. The molecular weight excluding hydrogens is 462 g/mol. The second-order valence-electron chi connectivity index (χ2n) is 6.66. The van der Waals surface area contributed by atoms with Crippen molar-refractivity contribution in [3.8, 4) is 0 Å². The first-order valence-corrected chi connectivity index (χ1v) is 11.4. The number of hydrogen-bond acceptors (Lipinski definition) is 8. The number of thioether (sulfide) groups is 1. The number of carbonyl (C=O) groups excluding carboxylic acids is 3. The van der Waals surface area contributed by atoms with Crippen LogP contribution in [0.2, 0.25) is 0 Å². The van der Waals surface area contributed by atoms with E-state index >= 15 is 0 Å². The molecule has 6 N–H and O–H groups in total. The quantitative estimate of drug-likeness (QED) is 0.208. The summed E-state index contributed by atoms with van der Waals surface area (Å²) in [6, 6.07) is 5.51. The van der Waals surface area contributed by atoms with E-state index in [0.29, 0.717) is 22.6 Å². The van der Waals surface area contributed by atoms with Gasteiger partial charge >= 0.3 is 11.9 Å². The van der Waals surface area contributed by atoms with E-state index in [0.717, 1.165) is 11.8 Å². The van der Waals surface area contributed by atoms with E-state index in [1.807, 2.05) is 0 Å². The summed E-state index contributed by atoms with van der Waals surface area (Å²) in [6.45, 7) is 0.816. The highest BCUT2D eigenvalue weighted by atomic mass is 32.2. The molecule has 1 rings (SSSR count). The average Bonchev–Trinajstić information content (AvgIpc) is 2.75. The third-order valence-electron chi connectivity index (χ3n) is 4.07. The van der Waals surface area contributed by atoms with Gasteiger partial charge in [-0.15, -0.1) is 11.8 Å². The van der Waals surface area contributed by atoms with E-state index in [2.05, 4.69) is 16.0 Å². The van der Waals surface area contributed by atoms with Crippen LogP contribution in [0.5, 0.6) is 0 Å². The molecule has 13 heteroatoms. The summed E-state index contributed by atoms with van der Waals surface area (Å²) in [7, 11) is 0. The van der Waals surface area contributed by atoms with Crippen molar-refractivity contribution in [2.24, 2.45) is 5.92 Å². The van der Waals surface area contributed by atoms with Crippen molar-refractivity contribution in [3.05, 3.63) is 24.3 Å². The Kier molecular flexibility index (Phi) is 12.2. The second-order valence-corrected chi connectivity index (χ2v) is 8.31. The average molecular weight is 488 g/mol. The first-order chi connectivity index (χ1) is 15.1. The zero-order chi connectivity index (χ0) is 24.1. The summed E-state index contributed by atoms with van der Waals surface area (Å²) >= 11 is 1.52. The Morgan fingerprint density at radius 1 is 1.06 bits per heavy atom. The van der Waals surface area contributed by atoms with Gasteiger partial charge in [0.1, 0.15) is 12.6 Å². The zero-order valence-electron chi connectivity index (χ0n) is 17.2. The lowest BCUT2D eigenvalue weighted by Crippen LogP contribution is -2.49. The number of carbonyl (C=O) groups is 5. The molecule has 0 heterocycles. The Morgan fingerprint density at radius 2 is 1.75 bits per heavy atom. The SMILES string of the molecule is CC(CCC(=O)NC(CSCC(=O)Nc1ccccc1SO)C(=O)NCC(=O)O)C(=O)O. The van der Waals surface area contributed by atoms with Gasteiger partial charge in [-0.3, -0.25) is 24.0 Å². The standard InChI is InChI=1S/C19H25N3O8S2/c1-11(19(28)29)6-7-15(23)22-13(18(27)20-8-17(25)26)9-31-10-16(24)21-12-4-2-3-5-14(12)32-30/h2-5,11,13,30H,6-10H2,1H3,(H,20,27)(H,21,24)(H,22,23)(H,25,26)(H,28,29). The summed E-state index contributed by atoms with van der Waals surface area (Å²) in [5, 5.41) is 24.9. The van der Waals surface area contributed by atoms with Gasteiger partial charge in [-0.05, 0) is 18.6 Å². The van der Waals surface area contributed by atoms with Crippen LogP contribution in [0.15, 0.2) is 29.2 Å². The van der Waals surface area contributed by atoms with Crippen LogP contribution in [0.25, 0.3) is 0 Å². The molecule has 2 atom stereocenters. The maximum Gasteiger partial charge on any atom is 0.322 e. The first-order valence-electron chi connectivity index (χ1n) is 9.43. The fourth-order valence-corrected chi connectivity index (χ4v) is 3.51. The van der Waals surface area contributed by atoms with Crippen molar-refractivity contribution in [3.63, 3.8) is 0 Å². The fourth-order valence-electron chi connectivity index (χ4n) is 2.31. The monoisotopic (exact) mass is 487 g/mol. The lowest BCUT2D eigenvalue weighted by atomic mass is 10.1. The van der Waals surface area contributed by atoms with E-state index in [1.165, 1.54) is 6.92 Å². The van der Waals surface area contributed by atoms with Crippen molar-refractivity contribution in [1.29, 1.82) is 0 Å². The molecule has 0 saturated carbocycles. The van der Waals surface area contributed by atoms with Crippen LogP contribution in [-0.2, 0) is 24.0 Å². The predicted octanol–water partition coefficient (Wildman–Crippen LogP) is 1.11. The van der Waals surface area contributed by atoms with Crippen LogP contribution >= 0.6 is 23.8 Å². The van der Waals surface area contributed by atoms with Crippen LogP contribution in [-0.4, -0.2) is 68.5 Å². The van der Waals surface area contributed by atoms with Crippen LogP contribution in [0.3, 0.4) is 0 Å². The number of carboxylic acids is 2. The van der Waals surface area contributed by atoms with Crippen molar-refractivity contribution in [1.82, 2.24) is 10.6 Å². The minimum atomic E-state index is -1.26. The van der Waals surface area contributed by atoms with Gasteiger partial charge in [-0.2, -0.15) is 0 Å². The van der Waals surface area contributed by atoms with Crippen LogP contribution < -0.4 is 16.0 Å².